The number of hydrogen-bond donors (Lipinski definition) is 0. The van der Waals surface area contributed by atoms with Gasteiger partial charge in [-0.1, -0.05) is 42.4 Å². The van der Waals surface area contributed by atoms with Crippen LogP contribution in [-0.2, 0) is 19.5 Å². The molecule has 5 rings (SSSR count). The maximum absolute atomic E-state index is 5.77. The summed E-state index contributed by atoms with van der Waals surface area (Å²) in [5, 5.41) is 4.28. The van der Waals surface area contributed by atoms with Crippen LogP contribution >= 0.6 is 0 Å². The highest BCUT2D eigenvalue weighted by atomic mass is 16.6. The lowest BCUT2D eigenvalue weighted by molar-refractivity contribution is 0.148. The summed E-state index contributed by atoms with van der Waals surface area (Å²) in [6, 6.07) is 18.7. The van der Waals surface area contributed by atoms with Gasteiger partial charge in [0.25, 0.3) is 0 Å². The molecule has 1 saturated heterocycles. The van der Waals surface area contributed by atoms with Gasteiger partial charge in [-0.2, -0.15) is 0 Å². The number of hydrogen-bond acceptors (Lipinski definition) is 6. The van der Waals surface area contributed by atoms with E-state index in [9.17, 15) is 0 Å². The number of rotatable bonds is 8. The largest absolute Gasteiger partial charge is 0.357 e. The second kappa shape index (κ2) is 11.2. The summed E-state index contributed by atoms with van der Waals surface area (Å²) < 4.78 is 2.21. The maximum Gasteiger partial charge on any atom is 0.160 e. The Morgan fingerprint density at radius 1 is 0.919 bits per heavy atom. The predicted octanol–water partition coefficient (Wildman–Crippen LogP) is 4.82. The first-order chi connectivity index (χ1) is 18.0. The van der Waals surface area contributed by atoms with E-state index in [-0.39, 0.29) is 0 Å². The van der Waals surface area contributed by atoms with Crippen LogP contribution in [0.2, 0.25) is 0 Å². The Balaban J connectivity index is 1.26. The quantitative estimate of drug-likeness (QED) is 0.259. The Kier molecular flexibility index (Phi) is 7.63. The Morgan fingerprint density at radius 3 is 2.46 bits per heavy atom. The van der Waals surface area contributed by atoms with E-state index in [0.29, 0.717) is 12.3 Å². The summed E-state index contributed by atoms with van der Waals surface area (Å²) in [7, 11) is 2.19. The Labute approximate surface area is 219 Å². The molecule has 0 radical (unpaired) electrons. The van der Waals surface area contributed by atoms with E-state index in [1.54, 1.807) is 6.21 Å². The third kappa shape index (κ3) is 6.06. The molecule has 0 unspecified atom stereocenters. The molecular weight excluding hydrogens is 460 g/mol. The standard InChI is InChI=1S/C30H36N6O/c1-5-28-33-29-22(2)16-23(3)32-30(29)36(28)21-26-10-7-11-27(18-26)37-31-19-24-8-6-9-25(17-24)20-35-14-12-34(4)13-15-35/h6-11,16-19H,5,12-15,20-21H2,1-4H3. The van der Waals surface area contributed by atoms with Crippen molar-refractivity contribution in [2.24, 2.45) is 5.16 Å². The topological polar surface area (TPSA) is 58.8 Å². The average Bonchev–Trinajstić information content (AvgIpc) is 3.23. The summed E-state index contributed by atoms with van der Waals surface area (Å²) in [4.78, 5) is 20.3. The van der Waals surface area contributed by atoms with Crippen LogP contribution in [0.4, 0.5) is 0 Å². The molecule has 0 aliphatic carbocycles. The van der Waals surface area contributed by atoms with Gasteiger partial charge in [0.05, 0.1) is 12.8 Å². The van der Waals surface area contributed by atoms with Gasteiger partial charge in [0, 0.05) is 44.8 Å². The first-order valence-corrected chi connectivity index (χ1v) is 13.1. The molecule has 0 amide bonds. The monoisotopic (exact) mass is 496 g/mol. The summed E-state index contributed by atoms with van der Waals surface area (Å²) >= 11 is 0. The molecule has 1 aliphatic rings. The van der Waals surface area contributed by atoms with Crippen molar-refractivity contribution in [3.05, 3.63) is 88.4 Å². The van der Waals surface area contributed by atoms with Crippen LogP contribution in [0, 0.1) is 13.8 Å². The molecule has 37 heavy (non-hydrogen) atoms. The lowest BCUT2D eigenvalue weighted by Gasteiger charge is -2.32. The first kappa shape index (κ1) is 25.1. The lowest BCUT2D eigenvalue weighted by Crippen LogP contribution is -2.43. The van der Waals surface area contributed by atoms with Gasteiger partial charge in [0.1, 0.15) is 11.3 Å². The number of piperazine rings is 1. The molecule has 0 spiro atoms. The van der Waals surface area contributed by atoms with Crippen molar-refractivity contribution in [3.63, 3.8) is 0 Å². The zero-order chi connectivity index (χ0) is 25.8. The van der Waals surface area contributed by atoms with Crippen molar-refractivity contribution in [3.8, 4) is 5.75 Å². The molecular formula is C30H36N6O. The van der Waals surface area contributed by atoms with Gasteiger partial charge < -0.3 is 14.3 Å². The van der Waals surface area contributed by atoms with Crippen molar-refractivity contribution in [2.45, 2.75) is 40.3 Å². The fourth-order valence-electron chi connectivity index (χ4n) is 4.95. The highest BCUT2D eigenvalue weighted by Gasteiger charge is 2.15. The molecule has 2 aromatic carbocycles. The number of pyridine rings is 1. The molecule has 7 heteroatoms. The number of fused-ring (bicyclic) bond motifs is 1. The SMILES string of the molecule is CCc1nc2c(C)cc(C)nc2n1Cc1cccc(ON=Cc2cccc(CN3CCN(C)CC3)c2)c1. The van der Waals surface area contributed by atoms with Gasteiger partial charge in [-0.3, -0.25) is 4.90 Å². The molecule has 1 aliphatic heterocycles. The molecule has 2 aromatic heterocycles. The van der Waals surface area contributed by atoms with E-state index in [1.807, 2.05) is 25.1 Å². The van der Waals surface area contributed by atoms with Gasteiger partial charge in [-0.25, -0.2) is 9.97 Å². The smallest absolute Gasteiger partial charge is 0.160 e. The number of likely N-dealkylation sites (N-methyl/N-ethyl adjacent to an activating group) is 1. The van der Waals surface area contributed by atoms with Crippen LogP contribution in [0.25, 0.3) is 11.2 Å². The van der Waals surface area contributed by atoms with Crippen LogP contribution in [0.15, 0.2) is 59.8 Å². The average molecular weight is 497 g/mol. The minimum absolute atomic E-state index is 0.685. The summed E-state index contributed by atoms with van der Waals surface area (Å²) in [5.74, 6) is 1.75. The van der Waals surface area contributed by atoms with Gasteiger partial charge in [-0.15, -0.1) is 0 Å². The number of aryl methyl sites for hydroxylation is 3. The van der Waals surface area contributed by atoms with Gasteiger partial charge in [0.2, 0.25) is 0 Å². The van der Waals surface area contributed by atoms with Crippen LogP contribution in [0.5, 0.6) is 5.75 Å². The highest BCUT2D eigenvalue weighted by Crippen LogP contribution is 2.22. The second-order valence-corrected chi connectivity index (χ2v) is 10.0. The van der Waals surface area contributed by atoms with Crippen molar-refractivity contribution in [1.82, 2.24) is 24.3 Å². The van der Waals surface area contributed by atoms with Crippen molar-refractivity contribution >= 4 is 17.4 Å². The molecule has 7 nitrogen and oxygen atoms in total. The minimum atomic E-state index is 0.685. The van der Waals surface area contributed by atoms with Crippen molar-refractivity contribution in [1.29, 1.82) is 0 Å². The van der Waals surface area contributed by atoms with E-state index in [0.717, 1.165) is 78.5 Å². The van der Waals surface area contributed by atoms with Crippen LogP contribution in [-0.4, -0.2) is 63.8 Å². The van der Waals surface area contributed by atoms with E-state index in [4.69, 9.17) is 14.8 Å². The predicted molar refractivity (Wildman–Crippen MR) is 149 cm³/mol. The molecule has 1 fully saturated rings. The lowest BCUT2D eigenvalue weighted by atomic mass is 10.1. The summed E-state index contributed by atoms with van der Waals surface area (Å²) in [5.41, 5.74) is 7.55. The van der Waals surface area contributed by atoms with Crippen LogP contribution in [0.1, 0.15) is 40.7 Å². The number of aromatic nitrogens is 3. The zero-order valence-corrected chi connectivity index (χ0v) is 22.3. The van der Waals surface area contributed by atoms with Gasteiger partial charge >= 0.3 is 0 Å². The number of nitrogens with zero attached hydrogens (tertiary/aromatic N) is 6. The van der Waals surface area contributed by atoms with Crippen LogP contribution in [0.3, 0.4) is 0 Å². The van der Waals surface area contributed by atoms with Crippen LogP contribution < -0.4 is 4.84 Å². The third-order valence-electron chi connectivity index (χ3n) is 6.97. The highest BCUT2D eigenvalue weighted by molar-refractivity contribution is 5.79. The number of benzene rings is 2. The van der Waals surface area contributed by atoms with Crippen molar-refractivity contribution < 1.29 is 4.84 Å². The third-order valence-corrected chi connectivity index (χ3v) is 6.97. The second-order valence-electron chi connectivity index (χ2n) is 10.0. The van der Waals surface area contributed by atoms with Gasteiger partial charge in [-0.05, 0) is 67.4 Å². The zero-order valence-electron chi connectivity index (χ0n) is 22.3. The normalized spacial score (nSPS) is 15.1. The first-order valence-electron chi connectivity index (χ1n) is 13.1. The van der Waals surface area contributed by atoms with E-state index in [2.05, 4.69) is 76.8 Å². The van der Waals surface area contributed by atoms with E-state index < -0.39 is 0 Å². The number of imidazole rings is 1. The van der Waals surface area contributed by atoms with E-state index >= 15 is 0 Å². The molecule has 0 atom stereocenters. The van der Waals surface area contributed by atoms with Gasteiger partial charge in [0.15, 0.2) is 11.4 Å². The summed E-state index contributed by atoms with van der Waals surface area (Å²) in [6.07, 6.45) is 2.64. The molecule has 192 valence electrons. The maximum atomic E-state index is 5.77. The molecule has 0 N–H and O–H groups in total. The Hall–Kier alpha value is -3.55. The fourth-order valence-corrected chi connectivity index (χ4v) is 4.95. The van der Waals surface area contributed by atoms with E-state index in [1.165, 1.54) is 5.56 Å². The van der Waals surface area contributed by atoms with Crippen molar-refractivity contribution in [2.75, 3.05) is 33.2 Å². The fraction of sp³-hybridized carbons (Fsp3) is 0.367. The Morgan fingerprint density at radius 2 is 1.68 bits per heavy atom. The number of oxime groups is 1. The minimum Gasteiger partial charge on any atom is -0.357 e. The summed E-state index contributed by atoms with van der Waals surface area (Å²) in [6.45, 7) is 12.4. The molecule has 4 aromatic rings. The molecule has 0 bridgehead atoms. The Bertz CT molecular complexity index is 1400. The molecule has 3 heterocycles. The molecule has 0 saturated carbocycles.